The highest BCUT2D eigenvalue weighted by atomic mass is 16.3. The van der Waals surface area contributed by atoms with E-state index in [9.17, 15) is 9.90 Å². The van der Waals surface area contributed by atoms with Crippen LogP contribution in [-0.4, -0.2) is 37.3 Å². The molecule has 2 unspecified atom stereocenters. The van der Waals surface area contributed by atoms with Gasteiger partial charge in [0.2, 0.25) is 5.91 Å². The summed E-state index contributed by atoms with van der Waals surface area (Å²) in [6.07, 6.45) is 7.54. The maximum atomic E-state index is 12.6. The Kier molecular flexibility index (Phi) is 5.85. The van der Waals surface area contributed by atoms with Crippen LogP contribution in [0.2, 0.25) is 0 Å². The highest BCUT2D eigenvalue weighted by Crippen LogP contribution is 2.33. The van der Waals surface area contributed by atoms with Gasteiger partial charge in [-0.1, -0.05) is 19.8 Å². The summed E-state index contributed by atoms with van der Waals surface area (Å²) >= 11 is 0. The maximum Gasteiger partial charge on any atom is 0.226 e. The van der Waals surface area contributed by atoms with Gasteiger partial charge in [0.15, 0.2) is 0 Å². The fraction of sp³-hybridized carbons (Fsp3) is 0.938. The number of hydrogen-bond donors (Lipinski definition) is 3. The number of carbonyl (C=O) groups excluding carboxylic acids is 1. The van der Waals surface area contributed by atoms with Crippen molar-refractivity contribution >= 4 is 5.91 Å². The lowest BCUT2D eigenvalue weighted by Gasteiger charge is -2.37. The van der Waals surface area contributed by atoms with E-state index in [0.29, 0.717) is 11.8 Å². The lowest BCUT2D eigenvalue weighted by Crippen LogP contribution is -2.49. The number of amides is 1. The Balaban J connectivity index is 1.86. The van der Waals surface area contributed by atoms with Crippen LogP contribution < -0.4 is 10.6 Å². The monoisotopic (exact) mass is 282 g/mol. The quantitative estimate of drug-likeness (QED) is 0.719. The van der Waals surface area contributed by atoms with Crippen molar-refractivity contribution in [2.24, 2.45) is 17.3 Å². The van der Waals surface area contributed by atoms with E-state index >= 15 is 0 Å². The number of piperidine rings is 1. The lowest BCUT2D eigenvalue weighted by molar-refractivity contribution is -0.133. The van der Waals surface area contributed by atoms with E-state index in [1.54, 1.807) is 0 Å². The van der Waals surface area contributed by atoms with Crippen molar-refractivity contribution in [2.75, 3.05) is 26.2 Å². The van der Waals surface area contributed by atoms with Crippen molar-refractivity contribution in [2.45, 2.75) is 51.9 Å². The molecule has 3 N–H and O–H groups in total. The van der Waals surface area contributed by atoms with E-state index in [-0.39, 0.29) is 17.9 Å². The highest BCUT2D eigenvalue weighted by molar-refractivity contribution is 5.82. The van der Waals surface area contributed by atoms with Gasteiger partial charge < -0.3 is 15.7 Å². The van der Waals surface area contributed by atoms with E-state index in [2.05, 4.69) is 17.6 Å². The molecule has 116 valence electrons. The second-order valence-corrected chi connectivity index (χ2v) is 6.58. The van der Waals surface area contributed by atoms with Gasteiger partial charge in [0.1, 0.15) is 0 Å². The first-order valence-electron chi connectivity index (χ1n) is 8.32. The summed E-state index contributed by atoms with van der Waals surface area (Å²) in [7, 11) is 0. The summed E-state index contributed by atoms with van der Waals surface area (Å²) in [5.74, 6) is 1.09. The fourth-order valence-electron chi connectivity index (χ4n) is 3.85. The summed E-state index contributed by atoms with van der Waals surface area (Å²) in [5, 5.41) is 16.0. The van der Waals surface area contributed by atoms with Crippen molar-refractivity contribution in [3.05, 3.63) is 0 Å². The second-order valence-electron chi connectivity index (χ2n) is 6.58. The zero-order valence-corrected chi connectivity index (χ0v) is 12.8. The smallest absolute Gasteiger partial charge is 0.226 e. The Morgan fingerprint density at radius 3 is 2.50 bits per heavy atom. The number of aliphatic hydroxyl groups excluding tert-OH is 1. The van der Waals surface area contributed by atoms with E-state index < -0.39 is 0 Å². The zero-order chi connectivity index (χ0) is 14.4. The van der Waals surface area contributed by atoms with Crippen LogP contribution in [0.5, 0.6) is 0 Å². The normalized spacial score (nSPS) is 29.9. The van der Waals surface area contributed by atoms with Gasteiger partial charge in [-0.2, -0.15) is 0 Å². The molecule has 1 heterocycles. The molecule has 0 bridgehead atoms. The molecule has 2 rings (SSSR count). The van der Waals surface area contributed by atoms with Crippen LogP contribution >= 0.6 is 0 Å². The number of rotatable bonds is 5. The van der Waals surface area contributed by atoms with E-state index in [4.69, 9.17) is 0 Å². The minimum atomic E-state index is -0.158. The maximum absolute atomic E-state index is 12.6. The average molecular weight is 282 g/mol. The SMILES string of the molecule is CCC1(C(=O)NCC2CCCCC2CO)CCNCC1. The van der Waals surface area contributed by atoms with Crippen LogP contribution in [0.4, 0.5) is 0 Å². The van der Waals surface area contributed by atoms with E-state index in [1.165, 1.54) is 12.8 Å². The summed E-state index contributed by atoms with van der Waals surface area (Å²) in [4.78, 5) is 12.6. The van der Waals surface area contributed by atoms with Gasteiger partial charge in [-0.05, 0) is 57.0 Å². The first-order chi connectivity index (χ1) is 9.72. The van der Waals surface area contributed by atoms with Gasteiger partial charge in [-0.15, -0.1) is 0 Å². The molecule has 1 aliphatic carbocycles. The Labute approximate surface area is 122 Å². The van der Waals surface area contributed by atoms with E-state index in [0.717, 1.165) is 51.7 Å². The third-order valence-corrected chi connectivity index (χ3v) is 5.54. The van der Waals surface area contributed by atoms with Gasteiger partial charge in [0.05, 0.1) is 5.41 Å². The molecule has 2 fully saturated rings. The molecule has 4 nitrogen and oxygen atoms in total. The van der Waals surface area contributed by atoms with Crippen molar-refractivity contribution in [3.63, 3.8) is 0 Å². The Morgan fingerprint density at radius 1 is 1.25 bits per heavy atom. The molecule has 20 heavy (non-hydrogen) atoms. The lowest BCUT2D eigenvalue weighted by atomic mass is 9.75. The molecule has 0 spiro atoms. The van der Waals surface area contributed by atoms with Gasteiger partial charge in [-0.25, -0.2) is 0 Å². The van der Waals surface area contributed by atoms with Crippen LogP contribution in [0.25, 0.3) is 0 Å². The fourth-order valence-corrected chi connectivity index (χ4v) is 3.85. The summed E-state index contributed by atoms with van der Waals surface area (Å²) in [6.45, 7) is 5.04. The molecule has 0 aromatic rings. The third-order valence-electron chi connectivity index (χ3n) is 5.54. The number of nitrogens with one attached hydrogen (secondary N) is 2. The molecule has 1 saturated heterocycles. The molecule has 2 aliphatic rings. The molecule has 0 aromatic carbocycles. The number of hydrogen-bond acceptors (Lipinski definition) is 3. The molecule has 1 aliphatic heterocycles. The van der Waals surface area contributed by atoms with Crippen LogP contribution in [0, 0.1) is 17.3 Å². The molecular weight excluding hydrogens is 252 g/mol. The topological polar surface area (TPSA) is 61.4 Å². The number of carbonyl (C=O) groups is 1. The van der Waals surface area contributed by atoms with Crippen molar-refractivity contribution in [1.82, 2.24) is 10.6 Å². The van der Waals surface area contributed by atoms with Crippen molar-refractivity contribution in [3.8, 4) is 0 Å². The Bertz CT molecular complexity index is 314. The minimum Gasteiger partial charge on any atom is -0.396 e. The van der Waals surface area contributed by atoms with Gasteiger partial charge in [0.25, 0.3) is 0 Å². The predicted octanol–water partition coefficient (Wildman–Crippen LogP) is 1.68. The Morgan fingerprint density at radius 2 is 1.90 bits per heavy atom. The molecule has 1 amide bonds. The molecule has 0 radical (unpaired) electrons. The minimum absolute atomic E-state index is 0.158. The second kappa shape index (κ2) is 7.41. The molecule has 2 atom stereocenters. The van der Waals surface area contributed by atoms with Crippen LogP contribution in [0.3, 0.4) is 0 Å². The van der Waals surface area contributed by atoms with Crippen molar-refractivity contribution < 1.29 is 9.90 Å². The van der Waals surface area contributed by atoms with Gasteiger partial charge >= 0.3 is 0 Å². The van der Waals surface area contributed by atoms with Gasteiger partial charge in [0, 0.05) is 13.2 Å². The highest BCUT2D eigenvalue weighted by Gasteiger charge is 2.38. The third kappa shape index (κ3) is 3.53. The summed E-state index contributed by atoms with van der Waals surface area (Å²) in [6, 6.07) is 0. The zero-order valence-electron chi connectivity index (χ0n) is 12.8. The standard InChI is InChI=1S/C16H30N2O2/c1-2-16(7-9-17-10-8-16)15(20)18-11-13-5-3-4-6-14(13)12-19/h13-14,17,19H,2-12H2,1H3,(H,18,20). The summed E-state index contributed by atoms with van der Waals surface area (Å²) < 4.78 is 0. The number of aliphatic hydroxyl groups is 1. The van der Waals surface area contributed by atoms with E-state index in [1.807, 2.05) is 0 Å². The first kappa shape index (κ1) is 15.8. The van der Waals surface area contributed by atoms with Gasteiger partial charge in [-0.3, -0.25) is 4.79 Å². The van der Waals surface area contributed by atoms with Crippen LogP contribution in [0.1, 0.15) is 51.9 Å². The first-order valence-corrected chi connectivity index (χ1v) is 8.32. The van der Waals surface area contributed by atoms with Crippen molar-refractivity contribution in [1.29, 1.82) is 0 Å². The largest absolute Gasteiger partial charge is 0.396 e. The summed E-state index contributed by atoms with van der Waals surface area (Å²) in [5.41, 5.74) is -0.158. The predicted molar refractivity (Wildman–Crippen MR) is 80.4 cm³/mol. The molecule has 4 heteroatoms. The average Bonchev–Trinajstić information content (AvgIpc) is 2.53. The molecular formula is C16H30N2O2. The van der Waals surface area contributed by atoms with Crippen LogP contribution in [-0.2, 0) is 4.79 Å². The Hall–Kier alpha value is -0.610. The molecule has 1 saturated carbocycles. The van der Waals surface area contributed by atoms with Crippen LogP contribution in [0.15, 0.2) is 0 Å². The molecule has 0 aromatic heterocycles.